The molecule has 2 fully saturated rings. The molecule has 63 heavy (non-hydrogen) atoms. The van der Waals surface area contributed by atoms with Crippen LogP contribution < -0.4 is 14.6 Å². The Morgan fingerprint density at radius 1 is 0.714 bits per heavy atom. The van der Waals surface area contributed by atoms with Crippen molar-refractivity contribution in [3.05, 3.63) is 107 Å². The molecule has 0 aliphatic heterocycles. The molecule has 0 radical (unpaired) electrons. The van der Waals surface area contributed by atoms with Gasteiger partial charge in [-0.15, -0.1) is 11.7 Å². The largest absolute Gasteiger partial charge is 0.493 e. The van der Waals surface area contributed by atoms with E-state index in [-0.39, 0.29) is 36.7 Å². The fraction of sp³-hybridized carbons (Fsp3) is 0.447. The number of nitrogens with two attached hydrogens (primary N) is 1. The minimum absolute atomic E-state index is 0.208. The molecule has 0 saturated heterocycles. The van der Waals surface area contributed by atoms with E-state index < -0.39 is 58.0 Å². The number of carbonyl (C=O) groups is 2. The molecule has 0 unspecified atom stereocenters. The van der Waals surface area contributed by atoms with Gasteiger partial charge in [-0.3, -0.25) is 4.79 Å². The van der Waals surface area contributed by atoms with Crippen LogP contribution in [0.4, 0.5) is 29.2 Å². The van der Waals surface area contributed by atoms with Crippen molar-refractivity contribution < 1.29 is 62.5 Å². The lowest BCUT2D eigenvalue weighted by Gasteiger charge is -2.54. The summed E-state index contributed by atoms with van der Waals surface area (Å²) < 4.78 is 119. The van der Waals surface area contributed by atoms with Crippen LogP contribution in [0.15, 0.2) is 72.8 Å². The minimum atomic E-state index is -6.89. The predicted molar refractivity (Wildman–Crippen MR) is 234 cm³/mol. The summed E-state index contributed by atoms with van der Waals surface area (Å²) >= 11 is 0. The number of methoxy groups -OCH3 is 2. The number of alkyl halides is 2. The third-order valence-electron chi connectivity index (χ3n) is 10.6. The maximum atomic E-state index is 13.5. The van der Waals surface area contributed by atoms with Gasteiger partial charge in [0.15, 0.2) is 0 Å². The van der Waals surface area contributed by atoms with Crippen LogP contribution >= 0.6 is 9.64 Å². The van der Waals surface area contributed by atoms with Gasteiger partial charge < -0.3 is 23.7 Å². The zero-order chi connectivity index (χ0) is 46.7. The molecule has 0 heterocycles. The van der Waals surface area contributed by atoms with Gasteiger partial charge in [0.25, 0.3) is 0 Å². The van der Waals surface area contributed by atoms with Crippen molar-refractivity contribution in [2.45, 2.75) is 77.6 Å². The number of hydrogen-bond donors (Lipinski definition) is 1. The number of ether oxygens (including phenoxy) is 5. The lowest BCUT2D eigenvalue weighted by molar-refractivity contribution is -0.124. The molecule has 0 amide bonds. The molecule has 348 valence electrons. The summed E-state index contributed by atoms with van der Waals surface area (Å²) in [4.78, 5) is 23.7. The number of aryl methyl sites for hydroxylation is 1. The number of hydrogen-bond acceptors (Lipinski definition) is 8. The minimum Gasteiger partial charge on any atom is -0.493 e. The fourth-order valence-electron chi connectivity index (χ4n) is 7.23. The monoisotopic (exact) mass is 913 g/mol. The summed E-state index contributed by atoms with van der Waals surface area (Å²) in [7, 11) is -4.47. The molecule has 0 atom stereocenters. The van der Waals surface area contributed by atoms with Crippen molar-refractivity contribution in [1.29, 1.82) is 0 Å². The van der Waals surface area contributed by atoms with Gasteiger partial charge in [-0.25, -0.2) is 27.5 Å². The highest BCUT2D eigenvalue weighted by atomic mass is 32.4. The average molecular weight is 914 g/mol. The summed E-state index contributed by atoms with van der Waals surface area (Å²) in [5, 5.41) is 4.53. The SMILES string of the molecule is CCOC(=O)c1cc(OCC)c(-c2ccc(F)cc2)c(C2CC(F)(F)C2)c1.CCOc1c(CC)ccc(C2CC(=O)C2)c1-c1ccc(F)cc1.COCCS(N)(F)(F)(F)CCOC. The Labute approximate surface area is 364 Å². The van der Waals surface area contributed by atoms with E-state index in [1.54, 1.807) is 50.2 Å². The molecule has 8 nitrogen and oxygen atoms in total. The summed E-state index contributed by atoms with van der Waals surface area (Å²) in [6, 6.07) is 19.7. The van der Waals surface area contributed by atoms with Gasteiger partial charge in [0.2, 0.25) is 5.92 Å². The van der Waals surface area contributed by atoms with E-state index in [9.17, 15) is 38.8 Å². The van der Waals surface area contributed by atoms with Crippen LogP contribution in [0.3, 0.4) is 0 Å². The van der Waals surface area contributed by atoms with Crippen LogP contribution in [-0.4, -0.2) is 76.4 Å². The maximum absolute atomic E-state index is 13.5. The number of rotatable bonds is 17. The number of benzene rings is 4. The van der Waals surface area contributed by atoms with Gasteiger partial charge in [-0.2, -0.15) is 0 Å². The summed E-state index contributed by atoms with van der Waals surface area (Å²) in [5.74, 6) is -4.61. The average Bonchev–Trinajstić information content (AvgIpc) is 3.21. The molecule has 2 N–H and O–H groups in total. The molecule has 0 aromatic heterocycles. The molecule has 2 saturated carbocycles. The molecule has 4 aromatic rings. The second-order valence-corrected chi connectivity index (χ2v) is 19.6. The Bertz CT molecular complexity index is 2150. The van der Waals surface area contributed by atoms with Crippen LogP contribution in [0, 0.1) is 11.6 Å². The van der Waals surface area contributed by atoms with Gasteiger partial charge >= 0.3 is 5.97 Å². The zero-order valence-electron chi connectivity index (χ0n) is 36.6. The van der Waals surface area contributed by atoms with E-state index in [2.05, 4.69) is 33.7 Å². The highest BCUT2D eigenvalue weighted by Crippen LogP contribution is 2.87. The number of esters is 1. The zero-order valence-corrected chi connectivity index (χ0v) is 37.4. The molecule has 16 heteroatoms. The number of halogens is 7. The van der Waals surface area contributed by atoms with E-state index in [0.717, 1.165) is 34.4 Å². The Hall–Kier alpha value is -4.64. The number of carbonyl (C=O) groups excluding carboxylic acids is 2. The first-order valence-corrected chi connectivity index (χ1v) is 23.4. The molecular formula is C47H58F7NO7S. The van der Waals surface area contributed by atoms with Crippen LogP contribution in [0.25, 0.3) is 22.3 Å². The number of Topliss-reactive ketones (excluding diaryl/α,β-unsaturated/α-hetero) is 1. The lowest BCUT2D eigenvalue weighted by Crippen LogP contribution is -2.40. The molecule has 0 bridgehead atoms. The van der Waals surface area contributed by atoms with Gasteiger partial charge in [0.1, 0.15) is 28.9 Å². The van der Waals surface area contributed by atoms with Crippen molar-refractivity contribution in [1.82, 2.24) is 0 Å². The van der Waals surface area contributed by atoms with Gasteiger partial charge in [0.05, 0.1) is 59.7 Å². The molecule has 0 spiro atoms. The quantitative estimate of drug-likeness (QED) is 0.0825. The summed E-state index contributed by atoms with van der Waals surface area (Å²) in [5.41, 5.74) is 6.37. The van der Waals surface area contributed by atoms with E-state index in [1.807, 2.05) is 6.92 Å². The van der Waals surface area contributed by atoms with Gasteiger partial charge in [-0.05, 0) is 103 Å². The van der Waals surface area contributed by atoms with Crippen LogP contribution in [-0.2, 0) is 25.4 Å². The molecule has 2 aliphatic rings. The second-order valence-electron chi connectivity index (χ2n) is 15.5. The summed E-state index contributed by atoms with van der Waals surface area (Å²) in [6.07, 6.45) is 1.46. The van der Waals surface area contributed by atoms with E-state index in [1.165, 1.54) is 38.5 Å². The van der Waals surface area contributed by atoms with Crippen LogP contribution in [0.5, 0.6) is 11.5 Å². The van der Waals surface area contributed by atoms with Crippen LogP contribution in [0.1, 0.15) is 92.3 Å². The molecule has 6 rings (SSSR count). The van der Waals surface area contributed by atoms with Gasteiger partial charge in [-0.1, -0.05) is 43.3 Å². The van der Waals surface area contributed by atoms with Crippen LogP contribution in [0.2, 0.25) is 0 Å². The standard InChI is InChI=1S/C21H21F3O3.C20H21FO2.C6H16F3NO2S/c1-3-26-18-10-14(20(25)27-4-2)9-17(15-11-21(23,24)12-15)19(18)13-5-7-16(22)8-6-13;1-3-13-7-10-18(15-11-17(22)12-15)19(20(13)23-4-2)14-5-8-16(21)9-6-14;1-11-3-5-13(7,8,9,10)6-4-12-2/h5-10,15H,3-4,11-12H2,1-2H3;5-10,15H,3-4,11-12H2,1-2H3;3-6,10H2,1-2H3. The first kappa shape index (κ1) is 51.0. The Kier molecular flexibility index (Phi) is 16.9. The third-order valence-corrected chi connectivity index (χ3v) is 12.9. The van der Waals surface area contributed by atoms with Gasteiger partial charge in [0, 0.05) is 51.0 Å². The molecule has 4 aromatic carbocycles. The highest BCUT2D eigenvalue weighted by Gasteiger charge is 2.56. The molecular weight excluding hydrogens is 856 g/mol. The normalized spacial score (nSPS) is 15.9. The smallest absolute Gasteiger partial charge is 0.338 e. The Balaban J connectivity index is 0.000000221. The van der Waals surface area contributed by atoms with Crippen molar-refractivity contribution in [3.63, 3.8) is 0 Å². The topological polar surface area (TPSA) is 106 Å². The molecule has 2 aliphatic carbocycles. The second kappa shape index (κ2) is 20.9. The first-order valence-electron chi connectivity index (χ1n) is 20.8. The number of ketones is 1. The Morgan fingerprint density at radius 3 is 1.68 bits per heavy atom. The lowest BCUT2D eigenvalue weighted by atomic mass is 9.73. The maximum Gasteiger partial charge on any atom is 0.338 e. The third kappa shape index (κ3) is 14.2. The van der Waals surface area contributed by atoms with E-state index >= 15 is 0 Å². The Morgan fingerprint density at radius 2 is 1.24 bits per heavy atom. The predicted octanol–water partition coefficient (Wildman–Crippen LogP) is 12.2. The summed E-state index contributed by atoms with van der Waals surface area (Å²) in [6.45, 7) is 7.88. The van der Waals surface area contributed by atoms with Crippen molar-refractivity contribution in [2.75, 3.05) is 58.8 Å². The fourth-order valence-corrected chi connectivity index (χ4v) is 8.58. The first-order chi connectivity index (χ1) is 29.6. The van der Waals surface area contributed by atoms with Crippen molar-refractivity contribution in [3.8, 4) is 33.8 Å². The van der Waals surface area contributed by atoms with E-state index in [4.69, 9.17) is 14.2 Å². The van der Waals surface area contributed by atoms with E-state index in [0.29, 0.717) is 54.3 Å². The van der Waals surface area contributed by atoms with Crippen molar-refractivity contribution in [2.24, 2.45) is 5.14 Å². The highest BCUT2D eigenvalue weighted by molar-refractivity contribution is 8.52. The van der Waals surface area contributed by atoms with Crippen molar-refractivity contribution >= 4 is 21.4 Å².